The Morgan fingerprint density at radius 1 is 1.00 bits per heavy atom. The van der Waals surface area contributed by atoms with E-state index in [0.717, 1.165) is 11.1 Å². The van der Waals surface area contributed by atoms with E-state index < -0.39 is 0 Å². The van der Waals surface area contributed by atoms with E-state index in [1.807, 2.05) is 30.3 Å². The molecule has 2 aromatic rings. The molecule has 0 aliphatic rings. The van der Waals surface area contributed by atoms with Crippen LogP contribution in [0, 0.1) is 0 Å². The van der Waals surface area contributed by atoms with Crippen LogP contribution in [0.3, 0.4) is 0 Å². The first kappa shape index (κ1) is 10.4. The van der Waals surface area contributed by atoms with Crippen molar-refractivity contribution in [2.75, 3.05) is 14.2 Å². The van der Waals surface area contributed by atoms with Crippen LogP contribution in [0.1, 0.15) is 0 Å². The van der Waals surface area contributed by atoms with Gasteiger partial charge in [0.1, 0.15) is 0 Å². The SMILES string of the molecule is COc1ncc(-c2ccccc2)c(OC)n1. The summed E-state index contributed by atoms with van der Waals surface area (Å²) in [6.07, 6.45) is 1.69. The summed E-state index contributed by atoms with van der Waals surface area (Å²) in [7, 11) is 3.10. The second kappa shape index (κ2) is 4.61. The molecule has 0 atom stereocenters. The fraction of sp³-hybridized carbons (Fsp3) is 0.167. The van der Waals surface area contributed by atoms with Gasteiger partial charge in [-0.1, -0.05) is 30.3 Å². The zero-order valence-corrected chi connectivity index (χ0v) is 9.18. The van der Waals surface area contributed by atoms with E-state index in [-0.39, 0.29) is 0 Å². The normalized spacial score (nSPS) is 9.88. The molecule has 4 nitrogen and oxygen atoms in total. The summed E-state index contributed by atoms with van der Waals surface area (Å²) in [4.78, 5) is 8.20. The number of ether oxygens (including phenoxy) is 2. The molecule has 0 bridgehead atoms. The fourth-order valence-electron chi connectivity index (χ4n) is 1.42. The van der Waals surface area contributed by atoms with Crippen LogP contribution in [-0.2, 0) is 0 Å². The standard InChI is InChI=1S/C12H12N2O2/c1-15-11-10(8-13-12(14-11)16-2)9-6-4-3-5-7-9/h3-8H,1-2H3. The highest BCUT2D eigenvalue weighted by atomic mass is 16.5. The van der Waals surface area contributed by atoms with Gasteiger partial charge in [-0.05, 0) is 5.56 Å². The predicted molar refractivity (Wildman–Crippen MR) is 60.6 cm³/mol. The number of hydrogen-bond donors (Lipinski definition) is 0. The lowest BCUT2D eigenvalue weighted by molar-refractivity contribution is 0.353. The highest BCUT2D eigenvalue weighted by Gasteiger charge is 2.09. The van der Waals surface area contributed by atoms with Gasteiger partial charge in [0, 0.05) is 6.20 Å². The second-order valence-corrected chi connectivity index (χ2v) is 3.15. The Morgan fingerprint density at radius 2 is 1.75 bits per heavy atom. The molecule has 2 rings (SSSR count). The highest BCUT2D eigenvalue weighted by Crippen LogP contribution is 2.28. The van der Waals surface area contributed by atoms with Gasteiger partial charge in [0.2, 0.25) is 5.88 Å². The number of aromatic nitrogens is 2. The number of rotatable bonds is 3. The number of benzene rings is 1. The molecule has 0 aliphatic heterocycles. The van der Waals surface area contributed by atoms with Crippen molar-refractivity contribution < 1.29 is 9.47 Å². The molecule has 82 valence electrons. The number of methoxy groups -OCH3 is 2. The maximum Gasteiger partial charge on any atom is 0.319 e. The lowest BCUT2D eigenvalue weighted by Crippen LogP contribution is -1.97. The maximum atomic E-state index is 5.21. The summed E-state index contributed by atoms with van der Waals surface area (Å²) < 4.78 is 10.2. The van der Waals surface area contributed by atoms with E-state index in [0.29, 0.717) is 11.9 Å². The van der Waals surface area contributed by atoms with E-state index in [4.69, 9.17) is 9.47 Å². The summed E-state index contributed by atoms with van der Waals surface area (Å²) >= 11 is 0. The third kappa shape index (κ3) is 1.95. The first-order chi connectivity index (χ1) is 7.85. The molecule has 0 fully saturated rings. The van der Waals surface area contributed by atoms with Crippen molar-refractivity contribution in [2.45, 2.75) is 0 Å². The van der Waals surface area contributed by atoms with Crippen LogP contribution in [0.15, 0.2) is 36.5 Å². The van der Waals surface area contributed by atoms with E-state index >= 15 is 0 Å². The largest absolute Gasteiger partial charge is 0.480 e. The smallest absolute Gasteiger partial charge is 0.319 e. The summed E-state index contributed by atoms with van der Waals surface area (Å²) in [5, 5.41) is 0. The molecule has 1 aromatic carbocycles. The Hall–Kier alpha value is -2.10. The van der Waals surface area contributed by atoms with Gasteiger partial charge in [-0.15, -0.1) is 0 Å². The zero-order chi connectivity index (χ0) is 11.4. The lowest BCUT2D eigenvalue weighted by atomic mass is 10.1. The summed E-state index contributed by atoms with van der Waals surface area (Å²) in [6, 6.07) is 10.1. The predicted octanol–water partition coefficient (Wildman–Crippen LogP) is 2.16. The van der Waals surface area contributed by atoms with Gasteiger partial charge in [0.05, 0.1) is 19.8 Å². The molecule has 0 aliphatic carbocycles. The van der Waals surface area contributed by atoms with Gasteiger partial charge in [0.15, 0.2) is 0 Å². The number of nitrogens with zero attached hydrogens (tertiary/aromatic N) is 2. The molecule has 0 saturated carbocycles. The number of hydrogen-bond acceptors (Lipinski definition) is 4. The van der Waals surface area contributed by atoms with Crippen molar-refractivity contribution in [3.05, 3.63) is 36.5 Å². The first-order valence-electron chi connectivity index (χ1n) is 4.85. The van der Waals surface area contributed by atoms with Crippen molar-refractivity contribution >= 4 is 0 Å². The van der Waals surface area contributed by atoms with E-state index in [9.17, 15) is 0 Å². The van der Waals surface area contributed by atoms with Gasteiger partial charge >= 0.3 is 6.01 Å². The van der Waals surface area contributed by atoms with Crippen molar-refractivity contribution in [2.24, 2.45) is 0 Å². The minimum Gasteiger partial charge on any atom is -0.480 e. The van der Waals surface area contributed by atoms with Crippen molar-refractivity contribution in [3.8, 4) is 23.0 Å². The Bertz CT molecular complexity index is 472. The van der Waals surface area contributed by atoms with Crippen molar-refractivity contribution in [1.82, 2.24) is 9.97 Å². The Balaban J connectivity index is 2.49. The van der Waals surface area contributed by atoms with Crippen LogP contribution in [0.5, 0.6) is 11.9 Å². The Kier molecular flexibility index (Phi) is 3.00. The quantitative estimate of drug-likeness (QED) is 0.788. The minimum absolute atomic E-state index is 0.302. The molecule has 4 heteroatoms. The molecule has 1 heterocycles. The Morgan fingerprint density at radius 3 is 2.38 bits per heavy atom. The third-order valence-corrected chi connectivity index (χ3v) is 2.19. The van der Waals surface area contributed by atoms with Crippen LogP contribution in [-0.4, -0.2) is 24.2 Å². The minimum atomic E-state index is 0.302. The average Bonchev–Trinajstić information content (AvgIpc) is 2.39. The fourth-order valence-corrected chi connectivity index (χ4v) is 1.42. The topological polar surface area (TPSA) is 44.2 Å². The van der Waals surface area contributed by atoms with Gasteiger partial charge in [-0.2, -0.15) is 4.98 Å². The van der Waals surface area contributed by atoms with E-state index in [1.165, 1.54) is 7.11 Å². The molecule has 0 radical (unpaired) electrons. The second-order valence-electron chi connectivity index (χ2n) is 3.15. The molecule has 1 aromatic heterocycles. The summed E-state index contributed by atoms with van der Waals surface area (Å²) in [5.41, 5.74) is 1.87. The van der Waals surface area contributed by atoms with Crippen LogP contribution in [0.2, 0.25) is 0 Å². The molecule has 0 unspecified atom stereocenters. The average molecular weight is 216 g/mol. The maximum absolute atomic E-state index is 5.21. The van der Waals surface area contributed by atoms with Crippen LogP contribution in [0.4, 0.5) is 0 Å². The van der Waals surface area contributed by atoms with Crippen LogP contribution >= 0.6 is 0 Å². The van der Waals surface area contributed by atoms with Gasteiger partial charge < -0.3 is 9.47 Å². The highest BCUT2D eigenvalue weighted by molar-refractivity contribution is 5.67. The van der Waals surface area contributed by atoms with Crippen LogP contribution < -0.4 is 9.47 Å². The zero-order valence-electron chi connectivity index (χ0n) is 9.18. The molecular formula is C12H12N2O2. The molecule has 0 spiro atoms. The van der Waals surface area contributed by atoms with Crippen molar-refractivity contribution in [1.29, 1.82) is 0 Å². The molecule has 16 heavy (non-hydrogen) atoms. The molecular weight excluding hydrogens is 204 g/mol. The third-order valence-electron chi connectivity index (χ3n) is 2.19. The molecule has 0 amide bonds. The van der Waals surface area contributed by atoms with Crippen LogP contribution in [0.25, 0.3) is 11.1 Å². The monoisotopic (exact) mass is 216 g/mol. The first-order valence-corrected chi connectivity index (χ1v) is 4.85. The Labute approximate surface area is 93.9 Å². The van der Waals surface area contributed by atoms with Gasteiger partial charge in [-0.3, -0.25) is 0 Å². The molecule has 0 N–H and O–H groups in total. The van der Waals surface area contributed by atoms with E-state index in [2.05, 4.69) is 9.97 Å². The van der Waals surface area contributed by atoms with E-state index in [1.54, 1.807) is 13.3 Å². The molecule has 0 saturated heterocycles. The summed E-state index contributed by atoms with van der Waals surface area (Å²) in [6.45, 7) is 0. The van der Waals surface area contributed by atoms with Gasteiger partial charge in [0.25, 0.3) is 0 Å². The van der Waals surface area contributed by atoms with Gasteiger partial charge in [-0.25, -0.2) is 4.98 Å². The summed E-state index contributed by atoms with van der Waals surface area (Å²) in [5.74, 6) is 0.512. The van der Waals surface area contributed by atoms with Crippen molar-refractivity contribution in [3.63, 3.8) is 0 Å². The lowest BCUT2D eigenvalue weighted by Gasteiger charge is -2.07.